The van der Waals surface area contributed by atoms with Crippen LogP contribution in [0.5, 0.6) is 11.5 Å². The first-order valence-corrected chi connectivity index (χ1v) is 15.7. The number of aliphatic carboxylic acids is 1. The summed E-state index contributed by atoms with van der Waals surface area (Å²) in [6, 6.07) is 14.9. The topological polar surface area (TPSA) is 139 Å². The number of carbonyl (C=O) groups excluding carboxylic acids is 1. The highest BCUT2D eigenvalue weighted by molar-refractivity contribution is 5.85. The Morgan fingerprint density at radius 1 is 1.08 bits per heavy atom. The molecule has 0 radical (unpaired) electrons. The number of halogens is 2. The molecule has 3 aromatic carbocycles. The minimum Gasteiger partial charge on any atom is -0.481 e. The van der Waals surface area contributed by atoms with Crippen LogP contribution in [0.25, 0.3) is 22.3 Å². The summed E-state index contributed by atoms with van der Waals surface area (Å²) in [6.07, 6.45) is 6.70. The summed E-state index contributed by atoms with van der Waals surface area (Å²) in [5, 5.41) is 18.5. The second kappa shape index (κ2) is 12.5. The second-order valence-electron chi connectivity index (χ2n) is 12.4. The summed E-state index contributed by atoms with van der Waals surface area (Å²) in [6.45, 7) is 2.13. The number of H-pyrrole nitrogens is 2. The van der Waals surface area contributed by atoms with Crippen molar-refractivity contribution in [2.75, 3.05) is 0 Å². The lowest BCUT2D eigenvalue weighted by Crippen LogP contribution is -2.26. The van der Waals surface area contributed by atoms with Crippen LogP contribution in [-0.4, -0.2) is 46.8 Å². The molecule has 0 saturated heterocycles. The highest BCUT2D eigenvalue weighted by atomic mass is 19.1. The normalized spacial score (nSPS) is 16.9. The van der Waals surface area contributed by atoms with Crippen LogP contribution in [-0.2, 0) is 34.4 Å². The van der Waals surface area contributed by atoms with Gasteiger partial charge in [0.05, 0.1) is 17.8 Å². The summed E-state index contributed by atoms with van der Waals surface area (Å²) in [5.74, 6) is -1.61. The molecule has 0 amide bonds. The van der Waals surface area contributed by atoms with E-state index in [4.69, 9.17) is 4.74 Å². The minimum absolute atomic E-state index is 0.0143. The van der Waals surface area contributed by atoms with Crippen molar-refractivity contribution in [2.45, 2.75) is 57.4 Å². The molecule has 1 unspecified atom stereocenters. The summed E-state index contributed by atoms with van der Waals surface area (Å²) < 4.78 is 38.8. The van der Waals surface area contributed by atoms with E-state index < -0.39 is 23.0 Å². The van der Waals surface area contributed by atoms with Gasteiger partial charge in [-0.1, -0.05) is 29.5 Å². The van der Waals surface area contributed by atoms with E-state index in [9.17, 15) is 14.7 Å². The monoisotopic (exact) mass is 650 g/mol. The summed E-state index contributed by atoms with van der Waals surface area (Å²) >= 11 is 0. The number of Topliss-reactive ketones (excluding diaryl/α,β-unsaturated/α-hetero) is 1. The van der Waals surface area contributed by atoms with Crippen LogP contribution in [0.1, 0.15) is 60.7 Å². The van der Waals surface area contributed by atoms with Gasteiger partial charge in [0.1, 0.15) is 23.2 Å². The summed E-state index contributed by atoms with van der Waals surface area (Å²) in [5.41, 5.74) is 3.45. The summed E-state index contributed by atoms with van der Waals surface area (Å²) in [4.78, 5) is 35.4. The van der Waals surface area contributed by atoms with E-state index in [1.165, 1.54) is 24.3 Å². The van der Waals surface area contributed by atoms with Crippen molar-refractivity contribution in [1.82, 2.24) is 29.9 Å². The number of imidazole rings is 1. The first-order valence-electron chi connectivity index (χ1n) is 15.7. The number of rotatable bonds is 4. The van der Waals surface area contributed by atoms with E-state index in [2.05, 4.69) is 25.3 Å². The highest BCUT2D eigenvalue weighted by Crippen LogP contribution is 2.39. The number of nitrogens with one attached hydrogen (secondary N) is 2. The zero-order valence-corrected chi connectivity index (χ0v) is 26.1. The van der Waals surface area contributed by atoms with Gasteiger partial charge in [0, 0.05) is 71.5 Å². The predicted octanol–water partition coefficient (Wildman–Crippen LogP) is 6.89. The van der Waals surface area contributed by atoms with Crippen molar-refractivity contribution in [3.05, 3.63) is 113 Å². The van der Waals surface area contributed by atoms with Crippen molar-refractivity contribution in [1.29, 1.82) is 0 Å². The molecule has 48 heavy (non-hydrogen) atoms. The number of carbonyl (C=O) groups is 2. The number of nitrogens with zero attached hydrogens (tertiary/aromatic N) is 4. The summed E-state index contributed by atoms with van der Waals surface area (Å²) in [7, 11) is 0. The average Bonchev–Trinajstić information content (AvgIpc) is 3.86. The van der Waals surface area contributed by atoms with Crippen molar-refractivity contribution >= 4 is 22.7 Å². The zero-order chi connectivity index (χ0) is 33.4. The van der Waals surface area contributed by atoms with Gasteiger partial charge in [0.15, 0.2) is 11.6 Å². The number of fused-ring (bicyclic) bond motifs is 10. The van der Waals surface area contributed by atoms with Gasteiger partial charge in [0.25, 0.3) is 0 Å². The van der Waals surface area contributed by atoms with Crippen molar-refractivity contribution < 1.29 is 28.2 Å². The number of aromatic nitrogens is 6. The molecule has 1 atom stereocenters. The van der Waals surface area contributed by atoms with Crippen LogP contribution in [0.2, 0.25) is 0 Å². The minimum atomic E-state index is -0.889. The number of ketones is 1. The van der Waals surface area contributed by atoms with Crippen LogP contribution in [0.3, 0.4) is 0 Å². The first kappa shape index (κ1) is 31.0. The van der Waals surface area contributed by atoms with Crippen molar-refractivity contribution in [3.63, 3.8) is 0 Å². The highest BCUT2D eigenvalue weighted by Gasteiger charge is 2.32. The van der Waals surface area contributed by atoms with Crippen LogP contribution in [0.4, 0.5) is 8.78 Å². The maximum Gasteiger partial charge on any atom is 0.303 e. The van der Waals surface area contributed by atoms with E-state index in [1.54, 1.807) is 23.3 Å². The molecule has 12 heteroatoms. The Hall–Kier alpha value is -5.65. The molecule has 0 spiro atoms. The van der Waals surface area contributed by atoms with Crippen LogP contribution < -0.4 is 4.74 Å². The molecule has 10 nitrogen and oxygen atoms in total. The van der Waals surface area contributed by atoms with Gasteiger partial charge < -0.3 is 19.8 Å². The molecule has 4 heterocycles. The zero-order valence-electron chi connectivity index (χ0n) is 26.1. The fourth-order valence-corrected chi connectivity index (χ4v) is 6.33. The lowest BCUT2D eigenvalue weighted by Gasteiger charge is -2.29. The predicted molar refractivity (Wildman–Crippen MR) is 173 cm³/mol. The second-order valence-corrected chi connectivity index (χ2v) is 12.4. The average molecular weight is 651 g/mol. The number of benzene rings is 3. The number of aryl methyl sites for hydroxylation is 2. The molecule has 244 valence electrons. The fourth-order valence-electron chi connectivity index (χ4n) is 6.33. The molecule has 0 aliphatic carbocycles. The molecular weight excluding hydrogens is 618 g/mol. The molecule has 6 bridgehead atoms. The number of carboxylic acid groups (broad SMARTS) is 1. The number of aromatic amines is 2. The quantitative estimate of drug-likeness (QED) is 0.189. The van der Waals surface area contributed by atoms with Gasteiger partial charge >= 0.3 is 5.97 Å². The van der Waals surface area contributed by atoms with Crippen LogP contribution in [0, 0.1) is 11.6 Å². The number of hydrogen-bond acceptors (Lipinski definition) is 6. The molecule has 3 N–H and O–H groups in total. The van der Waals surface area contributed by atoms with Crippen LogP contribution >= 0.6 is 0 Å². The third-order valence-corrected chi connectivity index (χ3v) is 9.11. The number of ether oxygens (including phenoxy) is 1. The van der Waals surface area contributed by atoms with Gasteiger partial charge in [-0.25, -0.2) is 18.4 Å². The molecule has 0 saturated carbocycles. The van der Waals surface area contributed by atoms with Gasteiger partial charge in [-0.2, -0.15) is 0 Å². The van der Waals surface area contributed by atoms with Gasteiger partial charge in [0.2, 0.25) is 0 Å². The van der Waals surface area contributed by atoms with Crippen molar-refractivity contribution in [3.8, 4) is 22.9 Å². The van der Waals surface area contributed by atoms with E-state index >= 15 is 8.78 Å². The van der Waals surface area contributed by atoms with E-state index in [0.29, 0.717) is 41.7 Å². The molecule has 7 rings (SSSR count). The molecule has 0 fully saturated rings. The molecule has 3 aromatic heterocycles. The van der Waals surface area contributed by atoms with Gasteiger partial charge in [-0.05, 0) is 61.6 Å². The lowest BCUT2D eigenvalue weighted by molar-refractivity contribution is -0.137. The smallest absolute Gasteiger partial charge is 0.303 e. The SMILES string of the molecule is CC1(c2cccc(CCC(=O)O)c2)CCC(=O)CCc2cn(nn2)Cc2c(c(F)cc3[nH]ccc23)Oc2ccc(F)c(c2)-c2ncc1[nH]2. The van der Waals surface area contributed by atoms with E-state index in [0.717, 1.165) is 16.5 Å². The number of hydrogen-bond donors (Lipinski definition) is 3. The Morgan fingerprint density at radius 2 is 1.96 bits per heavy atom. The molecular formula is C36H32F2N6O4. The molecule has 6 aromatic rings. The van der Waals surface area contributed by atoms with Crippen molar-refractivity contribution in [2.24, 2.45) is 0 Å². The third kappa shape index (κ3) is 6.08. The Balaban J connectivity index is 1.33. The van der Waals surface area contributed by atoms with Gasteiger partial charge in [-0.3, -0.25) is 9.59 Å². The standard InChI is InChI=1S/C36H32F2N6O4/c1-36(22-4-2-3-21(15-22)5-10-33(46)47)13-11-24(45)7-6-23-19-44(43-42-23)20-28-26-12-14-39-31(26)17-30(38)34(28)48-25-8-9-29(37)27(16-25)35-40-18-32(36)41-35/h2-4,8-9,12,14-19,39H,5-7,10-11,13,20H2,1H3,(H,40,41)(H,46,47). The first-order chi connectivity index (χ1) is 23.2. The van der Waals surface area contributed by atoms with Gasteiger partial charge in [-0.15, -0.1) is 5.10 Å². The van der Waals surface area contributed by atoms with E-state index in [-0.39, 0.29) is 54.5 Å². The Bertz CT molecular complexity index is 2170. The maximum absolute atomic E-state index is 15.6. The molecule has 1 aliphatic heterocycles. The molecule has 1 aliphatic rings. The van der Waals surface area contributed by atoms with E-state index in [1.807, 2.05) is 37.3 Å². The Kier molecular flexibility index (Phi) is 8.07. The largest absolute Gasteiger partial charge is 0.481 e. The fraction of sp³-hybridized carbons (Fsp3) is 0.250. The Labute approximate surface area is 273 Å². The van der Waals surface area contributed by atoms with Crippen LogP contribution in [0.15, 0.2) is 73.2 Å². The Morgan fingerprint density at radius 3 is 2.81 bits per heavy atom. The maximum atomic E-state index is 15.6. The lowest BCUT2D eigenvalue weighted by atomic mass is 9.75. The third-order valence-electron chi connectivity index (χ3n) is 9.11. The number of carboxylic acids is 1.